The highest BCUT2D eigenvalue weighted by Gasteiger charge is 2.50. The number of nitrogens with zero attached hydrogens (tertiary/aromatic N) is 6. The van der Waals surface area contributed by atoms with E-state index in [1.54, 1.807) is 23.5 Å². The molecule has 4 rings (SSSR count). The molecule has 0 bridgehead atoms. The zero-order valence-electron chi connectivity index (χ0n) is 18.9. The van der Waals surface area contributed by atoms with Gasteiger partial charge >= 0.3 is 0 Å². The van der Waals surface area contributed by atoms with E-state index in [2.05, 4.69) is 30.8 Å². The van der Waals surface area contributed by atoms with Gasteiger partial charge in [0.1, 0.15) is 23.9 Å². The number of epoxide rings is 2. The number of carbonyl (C=O) groups excluding carboxylic acids is 2. The fraction of sp³-hybridized carbons (Fsp3) is 0.667. The molecule has 4 heterocycles. The van der Waals surface area contributed by atoms with Crippen LogP contribution in [0.15, 0.2) is 23.0 Å². The zero-order chi connectivity index (χ0) is 23.5. The van der Waals surface area contributed by atoms with Crippen molar-refractivity contribution < 1.29 is 19.1 Å². The zero-order valence-corrected chi connectivity index (χ0v) is 20.5. The summed E-state index contributed by atoms with van der Waals surface area (Å²) in [5, 5.41) is 14.1. The smallest absolute Gasteiger partial charge is 0.286 e. The Morgan fingerprint density at radius 2 is 1.25 bits per heavy atom. The maximum atomic E-state index is 11.2. The lowest BCUT2D eigenvalue weighted by Crippen LogP contribution is -2.20. The van der Waals surface area contributed by atoms with Gasteiger partial charge in [0.2, 0.25) is 0 Å². The van der Waals surface area contributed by atoms with E-state index in [0.717, 1.165) is 23.5 Å². The third-order valence-corrected chi connectivity index (χ3v) is 7.14. The van der Waals surface area contributed by atoms with Crippen LogP contribution >= 0.6 is 23.5 Å². The molecule has 2 amide bonds. The highest BCUT2D eigenvalue weighted by molar-refractivity contribution is 8.13. The van der Waals surface area contributed by atoms with E-state index < -0.39 is 0 Å². The van der Waals surface area contributed by atoms with Crippen LogP contribution in [0.1, 0.15) is 27.7 Å². The van der Waals surface area contributed by atoms with Crippen LogP contribution in [0.3, 0.4) is 0 Å². The van der Waals surface area contributed by atoms with Gasteiger partial charge in [0, 0.05) is 37.6 Å². The molecule has 32 heavy (non-hydrogen) atoms. The highest BCUT2D eigenvalue weighted by Crippen LogP contribution is 2.38. The highest BCUT2D eigenvalue weighted by atomic mass is 32.2. The Bertz CT molecular complexity index is 892. The molecule has 4 atom stereocenters. The summed E-state index contributed by atoms with van der Waals surface area (Å²) in [5.74, 6) is 0. The van der Waals surface area contributed by atoms with Crippen LogP contribution in [0.2, 0.25) is 0 Å². The van der Waals surface area contributed by atoms with Crippen LogP contribution in [0.25, 0.3) is 0 Å². The summed E-state index contributed by atoms with van der Waals surface area (Å²) < 4.78 is 14.3. The molecule has 0 aliphatic carbocycles. The van der Waals surface area contributed by atoms with Crippen LogP contribution < -0.4 is 10.6 Å². The first-order chi connectivity index (χ1) is 15.1. The molecule has 14 heteroatoms. The van der Waals surface area contributed by atoms with Gasteiger partial charge in [-0.15, -0.1) is 0 Å². The van der Waals surface area contributed by atoms with E-state index in [1.807, 2.05) is 27.7 Å². The summed E-state index contributed by atoms with van der Waals surface area (Å²) in [5.41, 5.74) is -0.350. The molecule has 0 aromatic carbocycles. The summed E-state index contributed by atoms with van der Waals surface area (Å²) in [7, 11) is 3.17. The van der Waals surface area contributed by atoms with Crippen molar-refractivity contribution in [3.63, 3.8) is 0 Å². The van der Waals surface area contributed by atoms with Gasteiger partial charge in [-0.1, -0.05) is 0 Å². The van der Waals surface area contributed by atoms with Crippen molar-refractivity contribution >= 4 is 34.0 Å². The second-order valence-corrected chi connectivity index (χ2v) is 9.71. The first-order valence-electron chi connectivity index (χ1n) is 10.0. The number of nitrogens with one attached hydrogen (secondary N) is 2. The predicted molar refractivity (Wildman–Crippen MR) is 119 cm³/mol. The topological polar surface area (TPSA) is 145 Å². The van der Waals surface area contributed by atoms with Crippen molar-refractivity contribution in [3.05, 3.63) is 12.7 Å². The SMILES string of the molecule is CNC(=O)Sc1ncnn1CC1(C)OC1C.CNC(=O)Sc1ncnn1CC1(C)OC1C. The quantitative estimate of drug-likeness (QED) is 0.459. The minimum atomic E-state index is -0.175. The molecular weight excluding hydrogens is 456 g/mol. The third kappa shape index (κ3) is 5.99. The summed E-state index contributed by atoms with van der Waals surface area (Å²) in [6, 6.07) is 0. The largest absolute Gasteiger partial charge is 0.365 e. The number of hydrogen-bond donors (Lipinski definition) is 2. The Morgan fingerprint density at radius 3 is 1.53 bits per heavy atom. The fourth-order valence-electron chi connectivity index (χ4n) is 2.82. The molecule has 0 radical (unpaired) electrons. The van der Waals surface area contributed by atoms with Crippen LogP contribution in [0.5, 0.6) is 0 Å². The molecule has 2 fully saturated rings. The first kappa shape index (κ1) is 24.5. The van der Waals surface area contributed by atoms with Crippen LogP contribution in [-0.4, -0.2) is 77.5 Å². The van der Waals surface area contributed by atoms with Gasteiger partial charge in [0.05, 0.1) is 25.3 Å². The molecular formula is C18H28N8O4S2. The monoisotopic (exact) mass is 484 g/mol. The van der Waals surface area contributed by atoms with Crippen molar-refractivity contribution in [2.45, 2.75) is 74.5 Å². The van der Waals surface area contributed by atoms with Crippen molar-refractivity contribution in [1.82, 2.24) is 40.2 Å². The Morgan fingerprint density at radius 1 is 0.906 bits per heavy atom. The van der Waals surface area contributed by atoms with Gasteiger partial charge in [-0.3, -0.25) is 9.59 Å². The number of hydrogen-bond acceptors (Lipinski definition) is 10. The van der Waals surface area contributed by atoms with Crippen molar-refractivity contribution in [2.24, 2.45) is 0 Å². The maximum Gasteiger partial charge on any atom is 0.286 e. The Kier molecular flexibility index (Phi) is 7.47. The lowest BCUT2D eigenvalue weighted by Gasteiger charge is -2.07. The first-order valence-corrected chi connectivity index (χ1v) is 11.6. The van der Waals surface area contributed by atoms with Gasteiger partial charge in [0.15, 0.2) is 10.3 Å². The minimum Gasteiger partial charge on any atom is -0.365 e. The number of aromatic nitrogens is 6. The standard InChI is InChI=1S/2C9H14N4O2S/c2*1-6-9(2,15-6)4-13-7(11-5-12-13)16-8(14)10-3/h2*5-6H,4H2,1-3H3,(H,10,14). The summed E-state index contributed by atoms with van der Waals surface area (Å²) in [6.07, 6.45) is 3.35. The maximum absolute atomic E-state index is 11.2. The predicted octanol–water partition coefficient (Wildman–Crippen LogP) is 1.77. The lowest BCUT2D eigenvalue weighted by atomic mass is 10.1. The summed E-state index contributed by atoms with van der Waals surface area (Å²) >= 11 is 2.06. The van der Waals surface area contributed by atoms with Gasteiger partial charge in [-0.25, -0.2) is 19.3 Å². The lowest BCUT2D eigenvalue weighted by molar-refractivity contribution is 0.261. The number of amides is 2. The molecule has 0 saturated carbocycles. The molecule has 4 unspecified atom stereocenters. The third-order valence-electron chi connectivity index (χ3n) is 5.36. The Labute approximate surface area is 194 Å². The van der Waals surface area contributed by atoms with E-state index in [1.165, 1.54) is 12.7 Å². The molecule has 0 spiro atoms. The van der Waals surface area contributed by atoms with Gasteiger partial charge in [0.25, 0.3) is 10.5 Å². The Balaban J connectivity index is 0.000000181. The number of thioether (sulfide) groups is 2. The van der Waals surface area contributed by atoms with E-state index in [4.69, 9.17) is 9.47 Å². The second-order valence-electron chi connectivity index (χ2n) is 7.83. The molecule has 2 saturated heterocycles. The minimum absolute atomic E-state index is 0.149. The average Bonchev–Trinajstić information content (AvgIpc) is 3.30. The van der Waals surface area contributed by atoms with E-state index in [9.17, 15) is 9.59 Å². The molecule has 12 nitrogen and oxygen atoms in total. The average molecular weight is 485 g/mol. The second kappa shape index (κ2) is 9.77. The van der Waals surface area contributed by atoms with E-state index in [0.29, 0.717) is 23.4 Å². The molecule has 2 N–H and O–H groups in total. The van der Waals surface area contributed by atoms with Gasteiger partial charge in [-0.2, -0.15) is 10.2 Å². The van der Waals surface area contributed by atoms with Crippen molar-refractivity contribution in [2.75, 3.05) is 14.1 Å². The molecule has 2 aliphatic rings. The molecule has 2 aromatic heterocycles. The molecule has 2 aliphatic heterocycles. The number of rotatable bonds is 6. The molecule has 176 valence electrons. The van der Waals surface area contributed by atoms with Crippen molar-refractivity contribution in [1.29, 1.82) is 0 Å². The Hall–Kier alpha value is -2.16. The van der Waals surface area contributed by atoms with Crippen molar-refractivity contribution in [3.8, 4) is 0 Å². The summed E-state index contributed by atoms with van der Waals surface area (Å²) in [4.78, 5) is 30.5. The number of ether oxygens (including phenoxy) is 2. The van der Waals surface area contributed by atoms with Gasteiger partial charge < -0.3 is 20.1 Å². The molecule has 2 aromatic rings. The van der Waals surface area contributed by atoms with Crippen LogP contribution in [0, 0.1) is 0 Å². The normalized spacial score (nSPS) is 27.8. The van der Waals surface area contributed by atoms with E-state index >= 15 is 0 Å². The van der Waals surface area contributed by atoms with E-state index in [-0.39, 0.29) is 33.9 Å². The fourth-order valence-corrected chi connectivity index (χ4v) is 3.99. The summed E-state index contributed by atoms with van der Waals surface area (Å²) in [6.45, 7) is 9.31. The van der Waals surface area contributed by atoms with Crippen LogP contribution in [0.4, 0.5) is 9.59 Å². The van der Waals surface area contributed by atoms with Gasteiger partial charge in [-0.05, 0) is 27.7 Å². The van der Waals surface area contributed by atoms with Crippen LogP contribution in [-0.2, 0) is 22.6 Å². The number of carbonyl (C=O) groups is 2.